The van der Waals surface area contributed by atoms with Gasteiger partial charge in [0.05, 0.1) is 6.10 Å². The van der Waals surface area contributed by atoms with E-state index in [1.54, 1.807) is 0 Å². The van der Waals surface area contributed by atoms with E-state index in [2.05, 4.69) is 25.1 Å². The van der Waals surface area contributed by atoms with E-state index in [1.807, 2.05) is 0 Å². The van der Waals surface area contributed by atoms with Crippen molar-refractivity contribution in [2.75, 3.05) is 0 Å². The smallest absolute Gasteiger partial charge is 0.0583 e. The summed E-state index contributed by atoms with van der Waals surface area (Å²) in [5, 5.41) is 9.48. The Morgan fingerprint density at radius 2 is 2.25 bits per heavy atom. The van der Waals surface area contributed by atoms with E-state index in [1.165, 1.54) is 16.7 Å². The summed E-state index contributed by atoms with van der Waals surface area (Å²) >= 11 is 0. The molecule has 1 aromatic rings. The molecule has 0 heterocycles. The van der Waals surface area contributed by atoms with Crippen molar-refractivity contribution in [3.05, 3.63) is 34.9 Å². The molecule has 0 aliphatic heterocycles. The molecule has 0 unspecified atom stereocenters. The molecule has 0 saturated heterocycles. The average Bonchev–Trinajstić information content (AvgIpc) is 2.07. The van der Waals surface area contributed by atoms with Crippen molar-refractivity contribution in [3.8, 4) is 0 Å². The van der Waals surface area contributed by atoms with Crippen LogP contribution in [0.3, 0.4) is 0 Å². The van der Waals surface area contributed by atoms with E-state index in [0.29, 0.717) is 0 Å². The summed E-state index contributed by atoms with van der Waals surface area (Å²) in [4.78, 5) is 0. The first-order chi connectivity index (χ1) is 5.77. The molecule has 0 aromatic heterocycles. The van der Waals surface area contributed by atoms with Gasteiger partial charge in [-0.2, -0.15) is 0 Å². The van der Waals surface area contributed by atoms with E-state index in [0.717, 1.165) is 19.3 Å². The van der Waals surface area contributed by atoms with Crippen molar-refractivity contribution in [1.82, 2.24) is 0 Å². The molecule has 0 amide bonds. The Kier molecular flexibility index (Phi) is 1.89. The molecular formula is C11H14O. The lowest BCUT2D eigenvalue weighted by atomic mass is 9.87. The first-order valence-electron chi connectivity index (χ1n) is 4.53. The highest BCUT2D eigenvalue weighted by Gasteiger charge is 2.16. The SMILES string of the molecule is Cc1cccc2c1C[C@H](O)CC2. The molecule has 1 aromatic carbocycles. The Balaban J connectivity index is 2.43. The van der Waals surface area contributed by atoms with Crippen LogP contribution in [0.2, 0.25) is 0 Å². The van der Waals surface area contributed by atoms with E-state index < -0.39 is 0 Å². The molecule has 1 N–H and O–H groups in total. The van der Waals surface area contributed by atoms with Gasteiger partial charge in [0.15, 0.2) is 0 Å². The lowest BCUT2D eigenvalue weighted by Gasteiger charge is -2.21. The highest BCUT2D eigenvalue weighted by molar-refractivity contribution is 5.36. The topological polar surface area (TPSA) is 20.2 Å². The normalized spacial score (nSPS) is 22.0. The van der Waals surface area contributed by atoms with Crippen LogP contribution in [0.1, 0.15) is 23.1 Å². The molecule has 1 aliphatic carbocycles. The van der Waals surface area contributed by atoms with Gasteiger partial charge in [-0.05, 0) is 42.9 Å². The molecule has 0 fully saturated rings. The maximum Gasteiger partial charge on any atom is 0.0583 e. The molecule has 0 saturated carbocycles. The predicted molar refractivity (Wildman–Crippen MR) is 49.2 cm³/mol. The summed E-state index contributed by atoms with van der Waals surface area (Å²) in [6, 6.07) is 6.40. The molecular weight excluding hydrogens is 148 g/mol. The Morgan fingerprint density at radius 3 is 3.08 bits per heavy atom. The second-order valence-electron chi connectivity index (χ2n) is 3.61. The molecule has 1 atom stereocenters. The van der Waals surface area contributed by atoms with Crippen molar-refractivity contribution >= 4 is 0 Å². The fourth-order valence-corrected chi connectivity index (χ4v) is 1.95. The van der Waals surface area contributed by atoms with Crippen LogP contribution in [0.15, 0.2) is 18.2 Å². The number of hydrogen-bond donors (Lipinski definition) is 1. The van der Waals surface area contributed by atoms with E-state index in [9.17, 15) is 5.11 Å². The van der Waals surface area contributed by atoms with Crippen LogP contribution in [0.25, 0.3) is 0 Å². The monoisotopic (exact) mass is 162 g/mol. The summed E-state index contributed by atoms with van der Waals surface area (Å²) in [6.45, 7) is 2.12. The number of aryl methyl sites for hydroxylation is 2. The first kappa shape index (κ1) is 7.81. The maximum atomic E-state index is 9.48. The lowest BCUT2D eigenvalue weighted by molar-refractivity contribution is 0.158. The van der Waals surface area contributed by atoms with Gasteiger partial charge >= 0.3 is 0 Å². The van der Waals surface area contributed by atoms with Crippen LogP contribution >= 0.6 is 0 Å². The quantitative estimate of drug-likeness (QED) is 0.617. The Morgan fingerprint density at radius 1 is 1.42 bits per heavy atom. The van der Waals surface area contributed by atoms with Gasteiger partial charge in [-0.3, -0.25) is 0 Å². The number of benzene rings is 1. The Bertz CT molecular complexity index is 291. The summed E-state index contributed by atoms with van der Waals surface area (Å²) < 4.78 is 0. The molecule has 0 spiro atoms. The van der Waals surface area contributed by atoms with Gasteiger partial charge in [0, 0.05) is 0 Å². The average molecular weight is 162 g/mol. The third kappa shape index (κ3) is 1.25. The minimum Gasteiger partial charge on any atom is -0.393 e. The van der Waals surface area contributed by atoms with Gasteiger partial charge in [-0.25, -0.2) is 0 Å². The third-order valence-corrected chi connectivity index (χ3v) is 2.69. The van der Waals surface area contributed by atoms with Crippen LogP contribution in [-0.4, -0.2) is 11.2 Å². The second-order valence-corrected chi connectivity index (χ2v) is 3.61. The largest absolute Gasteiger partial charge is 0.393 e. The molecule has 1 heteroatoms. The molecule has 0 bridgehead atoms. The standard InChI is InChI=1S/C11H14O/c1-8-3-2-4-9-5-6-10(12)7-11(8)9/h2-4,10,12H,5-7H2,1H3/t10-/m1/s1. The molecule has 1 aliphatic rings. The van der Waals surface area contributed by atoms with Crippen LogP contribution in [0, 0.1) is 6.92 Å². The third-order valence-electron chi connectivity index (χ3n) is 2.69. The van der Waals surface area contributed by atoms with Crippen LogP contribution in [0.4, 0.5) is 0 Å². The molecule has 0 radical (unpaired) electrons. The highest BCUT2D eigenvalue weighted by atomic mass is 16.3. The van der Waals surface area contributed by atoms with Gasteiger partial charge in [-0.15, -0.1) is 0 Å². The zero-order valence-corrected chi connectivity index (χ0v) is 7.38. The zero-order chi connectivity index (χ0) is 8.55. The molecule has 12 heavy (non-hydrogen) atoms. The van der Waals surface area contributed by atoms with Gasteiger partial charge in [0.25, 0.3) is 0 Å². The molecule has 2 rings (SSSR count). The van der Waals surface area contributed by atoms with Gasteiger partial charge < -0.3 is 5.11 Å². The maximum absolute atomic E-state index is 9.48. The first-order valence-corrected chi connectivity index (χ1v) is 4.53. The summed E-state index contributed by atoms with van der Waals surface area (Å²) in [5.41, 5.74) is 4.13. The number of hydrogen-bond acceptors (Lipinski definition) is 1. The fourth-order valence-electron chi connectivity index (χ4n) is 1.95. The van der Waals surface area contributed by atoms with Gasteiger partial charge in [0.2, 0.25) is 0 Å². The van der Waals surface area contributed by atoms with Crippen LogP contribution < -0.4 is 0 Å². The predicted octanol–water partition coefficient (Wildman–Crippen LogP) is 1.84. The number of rotatable bonds is 0. The number of fused-ring (bicyclic) bond motifs is 1. The summed E-state index contributed by atoms with van der Waals surface area (Å²) in [6.07, 6.45) is 2.70. The van der Waals surface area contributed by atoms with Crippen molar-refractivity contribution in [3.63, 3.8) is 0 Å². The van der Waals surface area contributed by atoms with Crippen molar-refractivity contribution in [2.24, 2.45) is 0 Å². The minimum atomic E-state index is -0.112. The fraction of sp³-hybridized carbons (Fsp3) is 0.455. The zero-order valence-electron chi connectivity index (χ0n) is 7.38. The Hall–Kier alpha value is -0.820. The van der Waals surface area contributed by atoms with Gasteiger partial charge in [0.1, 0.15) is 0 Å². The van der Waals surface area contributed by atoms with Gasteiger partial charge in [-0.1, -0.05) is 18.2 Å². The lowest BCUT2D eigenvalue weighted by Crippen LogP contribution is -2.19. The van der Waals surface area contributed by atoms with E-state index in [4.69, 9.17) is 0 Å². The Labute approximate surface area is 73.0 Å². The number of aliphatic hydroxyl groups is 1. The van der Waals surface area contributed by atoms with Crippen molar-refractivity contribution < 1.29 is 5.11 Å². The van der Waals surface area contributed by atoms with E-state index >= 15 is 0 Å². The molecule has 64 valence electrons. The summed E-state index contributed by atoms with van der Waals surface area (Å²) in [7, 11) is 0. The second kappa shape index (κ2) is 2.91. The number of aliphatic hydroxyl groups excluding tert-OH is 1. The minimum absolute atomic E-state index is 0.112. The molecule has 1 nitrogen and oxygen atoms in total. The van der Waals surface area contributed by atoms with Crippen LogP contribution in [0.5, 0.6) is 0 Å². The van der Waals surface area contributed by atoms with Crippen molar-refractivity contribution in [2.45, 2.75) is 32.3 Å². The van der Waals surface area contributed by atoms with Crippen molar-refractivity contribution in [1.29, 1.82) is 0 Å². The highest BCUT2D eigenvalue weighted by Crippen LogP contribution is 2.23. The summed E-state index contributed by atoms with van der Waals surface area (Å²) in [5.74, 6) is 0. The van der Waals surface area contributed by atoms with E-state index in [-0.39, 0.29) is 6.10 Å². The van der Waals surface area contributed by atoms with Crippen LogP contribution in [-0.2, 0) is 12.8 Å².